The fourth-order valence-electron chi connectivity index (χ4n) is 5.01. The summed E-state index contributed by atoms with van der Waals surface area (Å²) in [4.78, 5) is 20.1. The molecule has 0 amide bonds. The minimum absolute atomic E-state index is 0.0511. The first-order valence-corrected chi connectivity index (χ1v) is 9.81. The molecule has 4 nitrogen and oxygen atoms in total. The van der Waals surface area contributed by atoms with Gasteiger partial charge in [0.05, 0.1) is 29.6 Å². The van der Waals surface area contributed by atoms with Crippen molar-refractivity contribution < 1.29 is 0 Å². The number of nitrogens with zero attached hydrogens (tertiary/aromatic N) is 4. The highest BCUT2D eigenvalue weighted by atomic mass is 15.1. The summed E-state index contributed by atoms with van der Waals surface area (Å²) >= 11 is 0. The van der Waals surface area contributed by atoms with Crippen LogP contribution >= 0.6 is 0 Å². The Morgan fingerprint density at radius 1 is 0.667 bits per heavy atom. The maximum Gasteiger partial charge on any atom is 0.0669 e. The second-order valence-electron chi connectivity index (χ2n) is 7.89. The van der Waals surface area contributed by atoms with Crippen LogP contribution in [0.15, 0.2) is 20.0 Å². The quantitative estimate of drug-likeness (QED) is 0.677. The third kappa shape index (κ3) is 2.18. The van der Waals surface area contributed by atoms with E-state index in [0.29, 0.717) is 24.2 Å². The van der Waals surface area contributed by atoms with Crippen molar-refractivity contribution in [2.24, 2.45) is 25.4 Å². The van der Waals surface area contributed by atoms with Gasteiger partial charge in [-0.05, 0) is 26.2 Å². The Kier molecular flexibility index (Phi) is 3.97. The molecular weight excluding hydrogens is 296 g/mol. The van der Waals surface area contributed by atoms with E-state index in [1.807, 2.05) is 0 Å². The molecule has 4 heteroatoms. The maximum atomic E-state index is 5.06. The summed E-state index contributed by atoms with van der Waals surface area (Å²) < 4.78 is 0. The third-order valence-electron chi connectivity index (χ3n) is 6.70. The van der Waals surface area contributed by atoms with Gasteiger partial charge in [0.1, 0.15) is 0 Å². The van der Waals surface area contributed by atoms with Crippen molar-refractivity contribution in [1.82, 2.24) is 0 Å². The van der Waals surface area contributed by atoms with Crippen molar-refractivity contribution in [2.75, 3.05) is 0 Å². The topological polar surface area (TPSA) is 49.4 Å². The molecule has 0 aromatic rings. The first-order chi connectivity index (χ1) is 11.6. The van der Waals surface area contributed by atoms with Crippen molar-refractivity contribution in [1.29, 1.82) is 0 Å². The van der Waals surface area contributed by atoms with Gasteiger partial charge in [-0.15, -0.1) is 0 Å². The van der Waals surface area contributed by atoms with Gasteiger partial charge < -0.3 is 0 Å². The molecule has 4 aliphatic rings. The van der Waals surface area contributed by atoms with Crippen LogP contribution in [0.3, 0.4) is 0 Å². The first kappa shape index (κ1) is 16.2. The number of hydrogen-bond acceptors (Lipinski definition) is 4. The van der Waals surface area contributed by atoms with Crippen LogP contribution in [0.25, 0.3) is 0 Å². The second-order valence-corrected chi connectivity index (χ2v) is 7.89. The zero-order valence-electron chi connectivity index (χ0n) is 15.5. The highest BCUT2D eigenvalue weighted by molar-refractivity contribution is 5.94. The lowest BCUT2D eigenvalue weighted by atomic mass is 9.55. The van der Waals surface area contributed by atoms with Crippen LogP contribution in [0.4, 0.5) is 0 Å². The van der Waals surface area contributed by atoms with Crippen molar-refractivity contribution in [3.63, 3.8) is 0 Å². The average Bonchev–Trinajstić information content (AvgIpc) is 2.39. The molecule has 0 radical (unpaired) electrons. The number of rotatable bonds is 7. The minimum atomic E-state index is 0.0511. The van der Waals surface area contributed by atoms with Gasteiger partial charge in [-0.25, -0.2) is 0 Å². The molecule has 4 atom stereocenters. The lowest BCUT2D eigenvalue weighted by molar-refractivity contribution is 0.0724. The van der Waals surface area contributed by atoms with E-state index in [1.165, 1.54) is 22.8 Å². The number of hydrogen-bond donors (Lipinski definition) is 0. The minimum Gasteiger partial charge on any atom is -0.290 e. The molecule has 4 rings (SSSR count). The van der Waals surface area contributed by atoms with Crippen LogP contribution in [0, 0.1) is 5.41 Å². The summed E-state index contributed by atoms with van der Waals surface area (Å²) in [5.74, 6) is 0. The standard InChI is InChI=1S/C20H30N4/c1-5-13-9-17(22-13)20(16-8-12(4)21-16,18-10-14(6-2)23-18)19-11-15(7-3)24-19/h16-19H,5-11H2,1-4H3. The molecule has 0 aliphatic carbocycles. The van der Waals surface area contributed by atoms with Crippen LogP contribution in [-0.4, -0.2) is 47.0 Å². The fourth-order valence-corrected chi connectivity index (χ4v) is 5.01. The SMILES string of the molecule is CCC1=NC(C(C2CC(C)=N2)(C2CC(CC)=N2)C2CC(CC)=N2)C1. The highest BCUT2D eigenvalue weighted by Gasteiger charge is 2.62. The zero-order valence-corrected chi connectivity index (χ0v) is 15.5. The molecular formula is C20H30N4. The van der Waals surface area contributed by atoms with Gasteiger partial charge in [0, 0.05) is 48.5 Å². The normalized spacial score (nSPS) is 36.7. The monoisotopic (exact) mass is 326 g/mol. The van der Waals surface area contributed by atoms with E-state index in [-0.39, 0.29) is 5.41 Å². The van der Waals surface area contributed by atoms with E-state index < -0.39 is 0 Å². The maximum absolute atomic E-state index is 5.06. The molecule has 0 aromatic carbocycles. The van der Waals surface area contributed by atoms with Gasteiger partial charge in [0.2, 0.25) is 0 Å². The lowest BCUT2D eigenvalue weighted by Crippen LogP contribution is -2.66. The van der Waals surface area contributed by atoms with Crippen LogP contribution in [0.1, 0.15) is 72.6 Å². The zero-order chi connectivity index (χ0) is 16.9. The highest BCUT2D eigenvalue weighted by Crippen LogP contribution is 2.54. The smallest absolute Gasteiger partial charge is 0.0669 e. The predicted octanol–water partition coefficient (Wildman–Crippen LogP) is 4.08. The molecule has 0 saturated heterocycles. The van der Waals surface area contributed by atoms with Gasteiger partial charge in [0.25, 0.3) is 0 Å². The molecule has 0 N–H and O–H groups in total. The Hall–Kier alpha value is -1.32. The second kappa shape index (κ2) is 5.89. The Labute approximate surface area is 145 Å². The molecule has 4 aliphatic heterocycles. The van der Waals surface area contributed by atoms with E-state index >= 15 is 0 Å². The lowest BCUT2D eigenvalue weighted by Gasteiger charge is -2.58. The van der Waals surface area contributed by atoms with E-state index in [0.717, 1.165) is 44.9 Å². The van der Waals surface area contributed by atoms with Crippen molar-refractivity contribution >= 4 is 22.8 Å². The van der Waals surface area contributed by atoms with Gasteiger partial charge in [-0.2, -0.15) is 0 Å². The van der Waals surface area contributed by atoms with E-state index in [4.69, 9.17) is 20.0 Å². The summed E-state index contributed by atoms with van der Waals surface area (Å²) in [6.07, 6.45) is 7.80. The van der Waals surface area contributed by atoms with Crippen molar-refractivity contribution in [2.45, 2.75) is 96.8 Å². The number of aliphatic imine (C=N–C) groups is 4. The first-order valence-electron chi connectivity index (χ1n) is 9.81. The van der Waals surface area contributed by atoms with Gasteiger partial charge in [0.15, 0.2) is 0 Å². The van der Waals surface area contributed by atoms with Crippen molar-refractivity contribution in [3.05, 3.63) is 0 Å². The summed E-state index contributed by atoms with van der Waals surface area (Å²) in [7, 11) is 0. The molecule has 4 unspecified atom stereocenters. The fraction of sp³-hybridized carbons (Fsp3) is 0.800. The van der Waals surface area contributed by atoms with E-state index in [1.54, 1.807) is 0 Å². The molecule has 0 fully saturated rings. The van der Waals surface area contributed by atoms with Crippen LogP contribution in [-0.2, 0) is 0 Å². The van der Waals surface area contributed by atoms with Gasteiger partial charge in [-0.1, -0.05) is 20.8 Å². The van der Waals surface area contributed by atoms with E-state index in [9.17, 15) is 0 Å². The predicted molar refractivity (Wildman–Crippen MR) is 102 cm³/mol. The Morgan fingerprint density at radius 2 is 0.958 bits per heavy atom. The average molecular weight is 326 g/mol. The molecule has 0 spiro atoms. The Balaban J connectivity index is 1.71. The van der Waals surface area contributed by atoms with Crippen LogP contribution in [0.2, 0.25) is 0 Å². The van der Waals surface area contributed by atoms with E-state index in [2.05, 4.69) is 27.7 Å². The largest absolute Gasteiger partial charge is 0.290 e. The Bertz CT molecular complexity index is 585. The van der Waals surface area contributed by atoms with Crippen molar-refractivity contribution in [3.8, 4) is 0 Å². The van der Waals surface area contributed by atoms with Gasteiger partial charge >= 0.3 is 0 Å². The summed E-state index contributed by atoms with van der Waals surface area (Å²) in [5.41, 5.74) is 5.48. The molecule has 130 valence electrons. The molecule has 4 heterocycles. The third-order valence-corrected chi connectivity index (χ3v) is 6.70. The van der Waals surface area contributed by atoms with Gasteiger partial charge in [-0.3, -0.25) is 20.0 Å². The summed E-state index contributed by atoms with van der Waals surface area (Å²) in [6, 6.07) is 1.53. The molecule has 0 bridgehead atoms. The molecule has 0 saturated carbocycles. The molecule has 0 aromatic heterocycles. The Morgan fingerprint density at radius 3 is 1.21 bits per heavy atom. The summed E-state index contributed by atoms with van der Waals surface area (Å²) in [6.45, 7) is 8.81. The van der Waals surface area contributed by atoms with Crippen LogP contribution < -0.4 is 0 Å². The summed E-state index contributed by atoms with van der Waals surface area (Å²) in [5, 5.41) is 0. The molecule has 24 heavy (non-hydrogen) atoms. The van der Waals surface area contributed by atoms with Crippen LogP contribution in [0.5, 0.6) is 0 Å².